The summed E-state index contributed by atoms with van der Waals surface area (Å²) in [7, 11) is -2.83. The molecular weight excluding hydrogens is 295 g/mol. The van der Waals surface area contributed by atoms with Gasteiger partial charge in [-0.25, -0.2) is 0 Å². The maximum atomic E-state index is 11.1. The summed E-state index contributed by atoms with van der Waals surface area (Å²) in [6, 6.07) is 0. The summed E-state index contributed by atoms with van der Waals surface area (Å²) < 4.78 is 32.8. The monoisotopic (exact) mass is 325 g/mol. The van der Waals surface area contributed by atoms with E-state index in [0.717, 1.165) is 38.5 Å². The van der Waals surface area contributed by atoms with Crippen LogP contribution in [0.5, 0.6) is 0 Å². The Kier molecular flexibility index (Phi) is 13.5. The van der Waals surface area contributed by atoms with Crippen LogP contribution in [0.1, 0.15) is 59.3 Å². The van der Waals surface area contributed by atoms with Gasteiger partial charge in [0.2, 0.25) is 0 Å². The van der Waals surface area contributed by atoms with Gasteiger partial charge >= 0.3 is 14.2 Å². The lowest BCUT2D eigenvalue weighted by atomic mass is 10.3. The van der Waals surface area contributed by atoms with Gasteiger partial charge in [-0.2, -0.15) is 0 Å². The largest absolute Gasteiger partial charge is 0.700 e. The van der Waals surface area contributed by atoms with Crippen molar-refractivity contribution in [3.8, 4) is 0 Å². The summed E-state index contributed by atoms with van der Waals surface area (Å²) in [6.45, 7) is 7.45. The highest BCUT2D eigenvalue weighted by atomic mass is 31.1. The zero-order chi connectivity index (χ0) is 16.0. The summed E-state index contributed by atoms with van der Waals surface area (Å²) in [5.41, 5.74) is 0. The van der Waals surface area contributed by atoms with Crippen molar-refractivity contribution in [1.29, 1.82) is 0 Å². The molecule has 0 aliphatic rings. The van der Waals surface area contributed by atoms with Gasteiger partial charge in [0.1, 0.15) is 6.61 Å². The second-order valence-electron chi connectivity index (χ2n) is 4.82. The van der Waals surface area contributed by atoms with E-state index < -0.39 is 14.2 Å². The molecule has 0 aliphatic heterocycles. The van der Waals surface area contributed by atoms with Crippen LogP contribution < -0.4 is 0 Å². The Morgan fingerprint density at radius 3 is 1.81 bits per heavy atom. The van der Waals surface area contributed by atoms with Crippen molar-refractivity contribution in [2.75, 3.05) is 26.4 Å². The Morgan fingerprint density at radius 2 is 1.38 bits per heavy atom. The van der Waals surface area contributed by atoms with Crippen LogP contribution in [0.4, 0.5) is 0 Å². The molecule has 1 atom stereocenters. The van der Waals surface area contributed by atoms with Crippen LogP contribution in [0.15, 0.2) is 0 Å². The van der Waals surface area contributed by atoms with Crippen molar-refractivity contribution in [3.63, 3.8) is 0 Å². The number of hydrogen-bond donors (Lipinski definition) is 1. The third kappa shape index (κ3) is 11.2. The van der Waals surface area contributed by atoms with Crippen LogP contribution in [0.25, 0.3) is 0 Å². The van der Waals surface area contributed by atoms with Crippen LogP contribution in [-0.4, -0.2) is 37.3 Å². The van der Waals surface area contributed by atoms with Crippen LogP contribution in [0.3, 0.4) is 0 Å². The molecule has 126 valence electrons. The molecule has 7 heteroatoms. The Bertz CT molecular complexity index is 252. The fraction of sp³-hybridized carbons (Fsp3) is 1.00. The van der Waals surface area contributed by atoms with Gasteiger partial charge in [0.15, 0.2) is 0 Å². The van der Waals surface area contributed by atoms with E-state index in [-0.39, 0.29) is 6.61 Å². The second-order valence-corrected chi connectivity index (χ2v) is 5.48. The summed E-state index contributed by atoms with van der Waals surface area (Å²) in [4.78, 5) is 9.08. The Labute approximate surface area is 129 Å². The van der Waals surface area contributed by atoms with E-state index in [1.54, 1.807) is 0 Å². The molecular formula is C14H30O6P+. The molecule has 1 N–H and O–H groups in total. The lowest BCUT2D eigenvalue weighted by Gasteiger charge is -2.27. The van der Waals surface area contributed by atoms with Crippen molar-refractivity contribution >= 4 is 8.25 Å². The lowest BCUT2D eigenvalue weighted by Crippen LogP contribution is -2.43. The van der Waals surface area contributed by atoms with Gasteiger partial charge in [0.25, 0.3) is 0 Å². The maximum Gasteiger partial charge on any atom is 0.700 e. The molecule has 0 aromatic carbocycles. The first-order valence-corrected chi connectivity index (χ1v) is 8.94. The van der Waals surface area contributed by atoms with Gasteiger partial charge in [0.05, 0.1) is 13.2 Å². The summed E-state index contributed by atoms with van der Waals surface area (Å²) in [5.74, 6) is -1.58. The minimum Gasteiger partial charge on any atom is -0.373 e. The SMILES string of the molecule is CCCCOCC(OCCCC)(OCCCC)O[P+](=O)O. The molecule has 0 aromatic heterocycles. The number of unbranched alkanes of at least 4 members (excludes halogenated alkanes) is 3. The Balaban J connectivity index is 4.60. The quantitative estimate of drug-likeness (QED) is 0.281. The summed E-state index contributed by atoms with van der Waals surface area (Å²) in [5, 5.41) is 0. The van der Waals surface area contributed by atoms with E-state index >= 15 is 0 Å². The fourth-order valence-electron chi connectivity index (χ4n) is 1.51. The molecule has 0 bridgehead atoms. The smallest absolute Gasteiger partial charge is 0.373 e. The minimum atomic E-state index is -2.83. The van der Waals surface area contributed by atoms with E-state index in [9.17, 15) is 4.57 Å². The molecule has 0 aromatic rings. The number of rotatable bonds is 15. The van der Waals surface area contributed by atoms with Gasteiger partial charge in [-0.1, -0.05) is 40.0 Å². The zero-order valence-corrected chi connectivity index (χ0v) is 14.4. The van der Waals surface area contributed by atoms with E-state index in [1.165, 1.54) is 0 Å². The van der Waals surface area contributed by atoms with Gasteiger partial charge in [0, 0.05) is 11.2 Å². The van der Waals surface area contributed by atoms with E-state index in [0.29, 0.717) is 19.8 Å². The third-order valence-corrected chi connectivity index (χ3v) is 3.21. The molecule has 0 saturated heterocycles. The first-order valence-electron chi connectivity index (χ1n) is 7.81. The highest BCUT2D eigenvalue weighted by Crippen LogP contribution is 2.29. The zero-order valence-electron chi connectivity index (χ0n) is 13.5. The van der Waals surface area contributed by atoms with Crippen LogP contribution in [-0.2, 0) is 23.3 Å². The molecule has 0 saturated carbocycles. The first-order chi connectivity index (χ1) is 10.1. The molecule has 0 heterocycles. The topological polar surface area (TPSA) is 74.2 Å². The minimum absolute atomic E-state index is 0.0118. The molecule has 0 fully saturated rings. The van der Waals surface area contributed by atoms with Crippen LogP contribution in [0.2, 0.25) is 0 Å². The predicted molar refractivity (Wildman–Crippen MR) is 81.1 cm³/mol. The van der Waals surface area contributed by atoms with Crippen molar-refractivity contribution in [2.45, 2.75) is 65.3 Å². The van der Waals surface area contributed by atoms with Gasteiger partial charge < -0.3 is 14.2 Å². The van der Waals surface area contributed by atoms with Crippen molar-refractivity contribution in [2.24, 2.45) is 0 Å². The highest BCUT2D eigenvalue weighted by molar-refractivity contribution is 7.32. The molecule has 0 amide bonds. The average molecular weight is 325 g/mol. The molecule has 0 rings (SSSR count). The fourth-order valence-corrected chi connectivity index (χ4v) is 1.91. The van der Waals surface area contributed by atoms with E-state index in [1.807, 2.05) is 13.8 Å². The van der Waals surface area contributed by atoms with Gasteiger partial charge in [-0.15, -0.1) is 4.89 Å². The summed E-state index contributed by atoms with van der Waals surface area (Å²) in [6.07, 6.45) is 5.46. The Hall–Kier alpha value is -0.100. The van der Waals surface area contributed by atoms with Crippen molar-refractivity contribution in [3.05, 3.63) is 0 Å². The van der Waals surface area contributed by atoms with E-state index in [2.05, 4.69) is 6.92 Å². The van der Waals surface area contributed by atoms with E-state index in [4.69, 9.17) is 23.6 Å². The van der Waals surface area contributed by atoms with Crippen LogP contribution in [0, 0.1) is 0 Å². The molecule has 0 aliphatic carbocycles. The molecule has 0 radical (unpaired) electrons. The van der Waals surface area contributed by atoms with Crippen LogP contribution >= 0.6 is 8.25 Å². The number of hydrogen-bond acceptors (Lipinski definition) is 5. The predicted octanol–water partition coefficient (Wildman–Crippen LogP) is 3.76. The molecule has 1 unspecified atom stereocenters. The van der Waals surface area contributed by atoms with Crippen molar-refractivity contribution in [1.82, 2.24) is 0 Å². The highest BCUT2D eigenvalue weighted by Gasteiger charge is 2.44. The molecule has 0 spiro atoms. The molecule has 6 nitrogen and oxygen atoms in total. The van der Waals surface area contributed by atoms with Crippen molar-refractivity contribution < 1.29 is 28.2 Å². The third-order valence-electron chi connectivity index (χ3n) is 2.78. The number of ether oxygens (including phenoxy) is 3. The standard InChI is InChI=1S/C14H29O6P/c1-4-7-10-17-13-14(20-21(15)16,18-11-8-5-2)19-12-9-6-3/h4-13H2,1-3H3/p+1. The van der Waals surface area contributed by atoms with Gasteiger partial charge in [-0.05, 0) is 23.8 Å². The second kappa shape index (κ2) is 13.6. The molecule has 21 heavy (non-hydrogen) atoms. The average Bonchev–Trinajstić information content (AvgIpc) is 2.43. The van der Waals surface area contributed by atoms with Gasteiger partial charge in [-0.3, -0.25) is 0 Å². The normalized spacial score (nSPS) is 12.7. The Morgan fingerprint density at radius 1 is 0.905 bits per heavy atom. The first kappa shape index (κ1) is 20.9. The lowest BCUT2D eigenvalue weighted by molar-refractivity contribution is -0.361. The maximum absolute atomic E-state index is 11.1. The summed E-state index contributed by atoms with van der Waals surface area (Å²) >= 11 is 0.